The van der Waals surface area contributed by atoms with Crippen molar-refractivity contribution in [2.45, 2.75) is 12.5 Å². The summed E-state index contributed by atoms with van der Waals surface area (Å²) in [5.41, 5.74) is 4.89. The highest BCUT2D eigenvalue weighted by atomic mass is 32.2. The number of hydrogen-bond acceptors (Lipinski definition) is 3. The minimum absolute atomic E-state index is 0.0529. The molecule has 1 unspecified atom stereocenters. The zero-order valence-corrected chi connectivity index (χ0v) is 7.86. The highest BCUT2D eigenvalue weighted by Gasteiger charge is 2.12. The second-order valence-corrected chi connectivity index (χ2v) is 3.32. The SMILES string of the molecule is C=C(O)C(CCSC)NC(N)=O. The molecule has 0 aromatic heterocycles. The van der Waals surface area contributed by atoms with Crippen LogP contribution in [0.1, 0.15) is 6.42 Å². The van der Waals surface area contributed by atoms with Crippen LogP contribution >= 0.6 is 11.8 Å². The van der Waals surface area contributed by atoms with Crippen molar-refractivity contribution < 1.29 is 9.90 Å². The average molecular weight is 190 g/mol. The average Bonchev–Trinajstić information content (AvgIpc) is 1.96. The van der Waals surface area contributed by atoms with Gasteiger partial charge in [0.15, 0.2) is 0 Å². The summed E-state index contributed by atoms with van der Waals surface area (Å²) in [6.07, 6.45) is 2.58. The van der Waals surface area contributed by atoms with E-state index in [0.29, 0.717) is 6.42 Å². The zero-order valence-electron chi connectivity index (χ0n) is 7.04. The predicted octanol–water partition coefficient (Wildman–Crippen LogP) is 0.848. The van der Waals surface area contributed by atoms with Gasteiger partial charge in [-0.05, 0) is 18.4 Å². The molecule has 0 fully saturated rings. The van der Waals surface area contributed by atoms with Crippen LogP contribution in [0.4, 0.5) is 4.79 Å². The molecule has 4 nitrogen and oxygen atoms in total. The van der Waals surface area contributed by atoms with Crippen molar-refractivity contribution in [3.8, 4) is 0 Å². The van der Waals surface area contributed by atoms with Crippen LogP contribution in [0.3, 0.4) is 0 Å². The van der Waals surface area contributed by atoms with E-state index in [4.69, 9.17) is 10.8 Å². The Morgan fingerprint density at radius 2 is 2.42 bits per heavy atom. The van der Waals surface area contributed by atoms with Crippen LogP contribution < -0.4 is 11.1 Å². The Morgan fingerprint density at radius 3 is 2.75 bits per heavy atom. The van der Waals surface area contributed by atoms with Gasteiger partial charge < -0.3 is 16.2 Å². The van der Waals surface area contributed by atoms with E-state index in [1.165, 1.54) is 0 Å². The van der Waals surface area contributed by atoms with Gasteiger partial charge in [0.05, 0.1) is 6.04 Å². The molecule has 0 radical (unpaired) electrons. The molecule has 1 atom stereocenters. The lowest BCUT2D eigenvalue weighted by atomic mass is 10.2. The van der Waals surface area contributed by atoms with Crippen molar-refractivity contribution >= 4 is 17.8 Å². The van der Waals surface area contributed by atoms with Crippen LogP contribution in [0.15, 0.2) is 12.3 Å². The molecule has 0 saturated heterocycles. The van der Waals surface area contributed by atoms with Crippen LogP contribution in [-0.2, 0) is 0 Å². The lowest BCUT2D eigenvalue weighted by Gasteiger charge is -2.14. The summed E-state index contributed by atoms with van der Waals surface area (Å²) >= 11 is 1.63. The summed E-state index contributed by atoms with van der Waals surface area (Å²) in [5, 5.41) is 11.4. The molecule has 5 heteroatoms. The Labute approximate surface area is 76.2 Å². The predicted molar refractivity (Wildman–Crippen MR) is 51.3 cm³/mol. The van der Waals surface area contributed by atoms with Gasteiger partial charge in [-0.15, -0.1) is 0 Å². The number of hydrogen-bond donors (Lipinski definition) is 3. The lowest BCUT2D eigenvalue weighted by Crippen LogP contribution is -2.39. The van der Waals surface area contributed by atoms with Crippen LogP contribution in [-0.4, -0.2) is 29.2 Å². The van der Waals surface area contributed by atoms with E-state index in [1.54, 1.807) is 11.8 Å². The number of nitrogens with one attached hydrogen (secondary N) is 1. The number of rotatable bonds is 5. The monoisotopic (exact) mass is 190 g/mol. The molecule has 0 aliphatic heterocycles. The van der Waals surface area contributed by atoms with E-state index >= 15 is 0 Å². The molecule has 0 aromatic carbocycles. The van der Waals surface area contributed by atoms with Gasteiger partial charge in [-0.3, -0.25) is 0 Å². The molecule has 0 aromatic rings. The van der Waals surface area contributed by atoms with Crippen LogP contribution in [0.5, 0.6) is 0 Å². The molecule has 12 heavy (non-hydrogen) atoms. The number of thioether (sulfide) groups is 1. The Balaban J connectivity index is 3.87. The first-order chi connectivity index (χ1) is 5.57. The number of primary amides is 1. The molecule has 2 amide bonds. The molecular formula is C7H14N2O2S. The number of carbonyl (C=O) groups is 1. The third-order valence-electron chi connectivity index (χ3n) is 1.33. The fraction of sp³-hybridized carbons (Fsp3) is 0.571. The van der Waals surface area contributed by atoms with E-state index in [-0.39, 0.29) is 5.76 Å². The first-order valence-electron chi connectivity index (χ1n) is 3.50. The van der Waals surface area contributed by atoms with E-state index in [9.17, 15) is 4.79 Å². The second kappa shape index (κ2) is 5.77. The summed E-state index contributed by atoms with van der Waals surface area (Å²) in [7, 11) is 0. The Morgan fingerprint density at radius 1 is 1.83 bits per heavy atom. The van der Waals surface area contributed by atoms with E-state index in [2.05, 4.69) is 11.9 Å². The number of amides is 2. The number of urea groups is 1. The van der Waals surface area contributed by atoms with Crippen LogP contribution in [0.25, 0.3) is 0 Å². The third kappa shape index (κ3) is 4.90. The van der Waals surface area contributed by atoms with Gasteiger partial charge in [-0.1, -0.05) is 6.58 Å². The molecule has 0 spiro atoms. The topological polar surface area (TPSA) is 75.3 Å². The maximum Gasteiger partial charge on any atom is 0.312 e. The number of nitrogens with two attached hydrogens (primary N) is 1. The van der Waals surface area contributed by atoms with E-state index in [0.717, 1.165) is 5.75 Å². The molecule has 0 saturated carbocycles. The third-order valence-corrected chi connectivity index (χ3v) is 1.97. The Bertz CT molecular complexity index is 173. The summed E-state index contributed by atoms with van der Waals surface area (Å²) in [6, 6.07) is -1.06. The fourth-order valence-corrected chi connectivity index (χ4v) is 1.20. The highest BCUT2D eigenvalue weighted by molar-refractivity contribution is 7.98. The van der Waals surface area contributed by atoms with Gasteiger partial charge in [0, 0.05) is 0 Å². The van der Waals surface area contributed by atoms with Gasteiger partial charge in [0.25, 0.3) is 0 Å². The molecular weight excluding hydrogens is 176 g/mol. The molecule has 0 rings (SSSR count). The normalized spacial score (nSPS) is 12.1. The molecule has 0 aliphatic carbocycles. The van der Waals surface area contributed by atoms with Gasteiger partial charge in [0.2, 0.25) is 0 Å². The van der Waals surface area contributed by atoms with Gasteiger partial charge >= 0.3 is 6.03 Å². The largest absolute Gasteiger partial charge is 0.511 e. The van der Waals surface area contributed by atoms with E-state index < -0.39 is 12.1 Å². The first kappa shape index (κ1) is 11.2. The zero-order chi connectivity index (χ0) is 9.56. The number of aliphatic hydroxyl groups is 1. The van der Waals surface area contributed by atoms with Crippen molar-refractivity contribution in [3.63, 3.8) is 0 Å². The van der Waals surface area contributed by atoms with Crippen molar-refractivity contribution in [2.24, 2.45) is 5.73 Å². The quantitative estimate of drug-likeness (QED) is 0.562. The van der Waals surface area contributed by atoms with Crippen molar-refractivity contribution in [2.75, 3.05) is 12.0 Å². The molecule has 0 heterocycles. The van der Waals surface area contributed by atoms with Crippen molar-refractivity contribution in [1.29, 1.82) is 0 Å². The Hall–Kier alpha value is -0.840. The summed E-state index contributed by atoms with van der Waals surface area (Å²) < 4.78 is 0. The van der Waals surface area contributed by atoms with Gasteiger partial charge in [-0.2, -0.15) is 11.8 Å². The molecule has 70 valence electrons. The molecule has 0 bridgehead atoms. The minimum Gasteiger partial charge on any atom is -0.511 e. The second-order valence-electron chi connectivity index (χ2n) is 2.33. The maximum atomic E-state index is 10.4. The number of carbonyl (C=O) groups excluding carboxylic acids is 1. The summed E-state index contributed by atoms with van der Waals surface area (Å²) in [6.45, 7) is 3.34. The maximum absolute atomic E-state index is 10.4. The molecule has 0 aliphatic rings. The van der Waals surface area contributed by atoms with E-state index in [1.807, 2.05) is 6.26 Å². The first-order valence-corrected chi connectivity index (χ1v) is 4.90. The van der Waals surface area contributed by atoms with Crippen molar-refractivity contribution in [1.82, 2.24) is 5.32 Å². The van der Waals surface area contributed by atoms with Gasteiger partial charge in [-0.25, -0.2) is 4.79 Å². The fourth-order valence-electron chi connectivity index (χ4n) is 0.730. The van der Waals surface area contributed by atoms with Crippen LogP contribution in [0, 0.1) is 0 Å². The highest BCUT2D eigenvalue weighted by Crippen LogP contribution is 2.05. The minimum atomic E-state index is -0.642. The summed E-state index contributed by atoms with van der Waals surface area (Å²) in [4.78, 5) is 10.4. The van der Waals surface area contributed by atoms with Gasteiger partial charge in [0.1, 0.15) is 5.76 Å². The van der Waals surface area contributed by atoms with Crippen molar-refractivity contribution in [3.05, 3.63) is 12.3 Å². The van der Waals surface area contributed by atoms with Crippen LogP contribution in [0.2, 0.25) is 0 Å². The smallest absolute Gasteiger partial charge is 0.312 e. The summed E-state index contributed by atoms with van der Waals surface area (Å²) in [5.74, 6) is 0.785. The lowest BCUT2D eigenvalue weighted by molar-refractivity contribution is 0.241. The molecule has 4 N–H and O–H groups in total. The standard InChI is InChI=1S/C7H14N2O2S/c1-5(10)6(3-4-12-2)9-7(8)11/h6,10H,1,3-4H2,2H3,(H3,8,9,11). The Kier molecular flexibility index (Phi) is 5.36. The number of aliphatic hydroxyl groups excluding tert-OH is 1.